The summed E-state index contributed by atoms with van der Waals surface area (Å²) in [5, 5.41) is 6.09. The minimum absolute atomic E-state index is 0.0630. The lowest BCUT2D eigenvalue weighted by molar-refractivity contribution is 0.132. The average molecular weight is 229 g/mol. The molecule has 1 aliphatic heterocycles. The number of amides is 2. The zero-order chi connectivity index (χ0) is 11.6. The maximum Gasteiger partial charge on any atom is 0.317 e. The molecular formula is C11H23N3O2. The molecule has 16 heavy (non-hydrogen) atoms. The Hall–Kier alpha value is -0.810. The van der Waals surface area contributed by atoms with E-state index < -0.39 is 0 Å². The first-order valence-corrected chi connectivity index (χ1v) is 6.16. The van der Waals surface area contributed by atoms with Crippen LogP contribution in [0.15, 0.2) is 0 Å². The van der Waals surface area contributed by atoms with Gasteiger partial charge in [0.15, 0.2) is 0 Å². The molecule has 2 N–H and O–H groups in total. The van der Waals surface area contributed by atoms with E-state index in [2.05, 4.69) is 17.6 Å². The molecule has 1 aliphatic rings. The van der Waals surface area contributed by atoms with Crippen LogP contribution < -0.4 is 10.6 Å². The fraction of sp³-hybridized carbons (Fsp3) is 0.909. The maximum absolute atomic E-state index is 11.2. The van der Waals surface area contributed by atoms with Gasteiger partial charge in [-0.3, -0.25) is 0 Å². The molecule has 2 amide bonds. The van der Waals surface area contributed by atoms with Crippen molar-refractivity contribution < 1.29 is 9.53 Å². The fourth-order valence-electron chi connectivity index (χ4n) is 1.61. The van der Waals surface area contributed by atoms with Crippen LogP contribution in [0.2, 0.25) is 0 Å². The predicted molar refractivity (Wildman–Crippen MR) is 63.6 cm³/mol. The summed E-state index contributed by atoms with van der Waals surface area (Å²) in [6, 6.07) is 0.0630. The minimum Gasteiger partial charge on any atom is -0.381 e. The molecule has 5 nitrogen and oxygen atoms in total. The van der Waals surface area contributed by atoms with Gasteiger partial charge >= 0.3 is 6.03 Å². The van der Waals surface area contributed by atoms with Gasteiger partial charge in [0, 0.05) is 39.4 Å². The van der Waals surface area contributed by atoms with Crippen molar-refractivity contribution in [3.8, 4) is 0 Å². The molecule has 0 unspecified atom stereocenters. The quantitative estimate of drug-likeness (QED) is 0.563. The summed E-state index contributed by atoms with van der Waals surface area (Å²) in [4.78, 5) is 13.0. The van der Waals surface area contributed by atoms with Gasteiger partial charge in [-0.1, -0.05) is 6.92 Å². The van der Waals surface area contributed by atoms with Gasteiger partial charge in [-0.15, -0.1) is 0 Å². The number of hydrogen-bond acceptors (Lipinski definition) is 3. The summed E-state index contributed by atoms with van der Waals surface area (Å²) in [5.74, 6) is 0. The molecule has 0 bridgehead atoms. The van der Waals surface area contributed by atoms with Gasteiger partial charge in [0.05, 0.1) is 0 Å². The van der Waals surface area contributed by atoms with Crippen molar-refractivity contribution >= 4 is 6.03 Å². The van der Waals surface area contributed by atoms with Crippen molar-refractivity contribution in [2.75, 3.05) is 45.9 Å². The number of hydrogen-bond donors (Lipinski definition) is 2. The Balaban J connectivity index is 1.83. The average Bonchev–Trinajstić information content (AvgIpc) is 2.68. The molecule has 0 aliphatic carbocycles. The van der Waals surface area contributed by atoms with E-state index in [4.69, 9.17) is 4.74 Å². The van der Waals surface area contributed by atoms with E-state index in [-0.39, 0.29) is 6.03 Å². The SMILES string of the molecule is CCCOCCCNCCN1CCNC1=O. The molecule has 1 heterocycles. The highest BCUT2D eigenvalue weighted by Gasteiger charge is 2.17. The minimum atomic E-state index is 0.0630. The fourth-order valence-corrected chi connectivity index (χ4v) is 1.61. The molecule has 5 heteroatoms. The Bertz CT molecular complexity index is 200. The van der Waals surface area contributed by atoms with Crippen molar-refractivity contribution in [1.82, 2.24) is 15.5 Å². The standard InChI is InChI=1S/C11H23N3O2/c1-2-9-16-10-3-4-12-5-7-14-8-6-13-11(14)15/h12H,2-10H2,1H3,(H,13,15). The summed E-state index contributed by atoms with van der Waals surface area (Å²) in [7, 11) is 0. The van der Waals surface area contributed by atoms with E-state index in [1.807, 2.05) is 4.90 Å². The summed E-state index contributed by atoms with van der Waals surface area (Å²) in [6.07, 6.45) is 2.11. The van der Waals surface area contributed by atoms with Crippen molar-refractivity contribution in [2.45, 2.75) is 19.8 Å². The Kier molecular flexibility index (Phi) is 6.92. The van der Waals surface area contributed by atoms with E-state index in [0.717, 1.165) is 58.8 Å². The zero-order valence-electron chi connectivity index (χ0n) is 10.1. The van der Waals surface area contributed by atoms with E-state index in [1.165, 1.54) is 0 Å². The first kappa shape index (κ1) is 13.3. The van der Waals surface area contributed by atoms with Crippen molar-refractivity contribution in [3.05, 3.63) is 0 Å². The molecule has 0 saturated carbocycles. The second-order valence-electron chi connectivity index (χ2n) is 3.93. The Morgan fingerprint density at radius 2 is 2.31 bits per heavy atom. The third-order valence-corrected chi connectivity index (χ3v) is 2.49. The molecular weight excluding hydrogens is 206 g/mol. The van der Waals surface area contributed by atoms with Gasteiger partial charge in [0.25, 0.3) is 0 Å². The van der Waals surface area contributed by atoms with E-state index in [1.54, 1.807) is 0 Å². The summed E-state index contributed by atoms with van der Waals surface area (Å²) in [6.45, 7) is 8.02. The van der Waals surface area contributed by atoms with Crippen molar-refractivity contribution in [1.29, 1.82) is 0 Å². The van der Waals surface area contributed by atoms with Gasteiger partial charge < -0.3 is 20.3 Å². The van der Waals surface area contributed by atoms with Crippen LogP contribution in [0.4, 0.5) is 4.79 Å². The predicted octanol–water partition coefficient (Wildman–Crippen LogP) is 0.418. The Morgan fingerprint density at radius 3 is 3.00 bits per heavy atom. The second-order valence-corrected chi connectivity index (χ2v) is 3.93. The van der Waals surface area contributed by atoms with Gasteiger partial charge in [-0.2, -0.15) is 0 Å². The number of carbonyl (C=O) groups excluding carboxylic acids is 1. The number of urea groups is 1. The van der Waals surface area contributed by atoms with Crippen LogP contribution in [0.3, 0.4) is 0 Å². The zero-order valence-corrected chi connectivity index (χ0v) is 10.1. The van der Waals surface area contributed by atoms with E-state index in [9.17, 15) is 4.79 Å². The van der Waals surface area contributed by atoms with Gasteiger partial charge in [-0.05, 0) is 19.4 Å². The van der Waals surface area contributed by atoms with Gasteiger partial charge in [0.2, 0.25) is 0 Å². The van der Waals surface area contributed by atoms with Crippen LogP contribution >= 0.6 is 0 Å². The highest BCUT2D eigenvalue weighted by Crippen LogP contribution is 1.94. The highest BCUT2D eigenvalue weighted by molar-refractivity contribution is 5.76. The third-order valence-electron chi connectivity index (χ3n) is 2.49. The molecule has 0 aromatic heterocycles. The lowest BCUT2D eigenvalue weighted by Crippen LogP contribution is -2.35. The van der Waals surface area contributed by atoms with Crippen LogP contribution in [0, 0.1) is 0 Å². The first-order chi connectivity index (χ1) is 7.84. The molecule has 0 radical (unpaired) electrons. The summed E-state index contributed by atoms with van der Waals surface area (Å²) in [5.41, 5.74) is 0. The number of carbonyl (C=O) groups is 1. The molecule has 0 aromatic rings. The van der Waals surface area contributed by atoms with Crippen molar-refractivity contribution in [2.24, 2.45) is 0 Å². The van der Waals surface area contributed by atoms with Gasteiger partial charge in [-0.25, -0.2) is 4.79 Å². The topological polar surface area (TPSA) is 53.6 Å². The molecule has 0 aromatic carbocycles. The van der Waals surface area contributed by atoms with Crippen LogP contribution in [0.5, 0.6) is 0 Å². The smallest absolute Gasteiger partial charge is 0.317 e. The summed E-state index contributed by atoms with van der Waals surface area (Å²) < 4.78 is 5.37. The van der Waals surface area contributed by atoms with E-state index in [0.29, 0.717) is 0 Å². The molecule has 0 spiro atoms. The van der Waals surface area contributed by atoms with E-state index >= 15 is 0 Å². The van der Waals surface area contributed by atoms with Crippen LogP contribution in [0.25, 0.3) is 0 Å². The molecule has 1 fully saturated rings. The number of rotatable bonds is 9. The molecule has 0 atom stereocenters. The number of ether oxygens (including phenoxy) is 1. The van der Waals surface area contributed by atoms with Crippen LogP contribution in [-0.2, 0) is 4.74 Å². The van der Waals surface area contributed by atoms with Crippen LogP contribution in [-0.4, -0.2) is 56.9 Å². The second kappa shape index (κ2) is 8.35. The van der Waals surface area contributed by atoms with Crippen LogP contribution in [0.1, 0.15) is 19.8 Å². The Morgan fingerprint density at radius 1 is 1.44 bits per heavy atom. The Labute approximate surface area is 97.5 Å². The lowest BCUT2D eigenvalue weighted by atomic mass is 10.4. The highest BCUT2D eigenvalue weighted by atomic mass is 16.5. The first-order valence-electron chi connectivity index (χ1n) is 6.16. The number of nitrogens with zero attached hydrogens (tertiary/aromatic N) is 1. The third kappa shape index (κ3) is 5.32. The van der Waals surface area contributed by atoms with Gasteiger partial charge in [0.1, 0.15) is 0 Å². The number of nitrogens with one attached hydrogen (secondary N) is 2. The monoisotopic (exact) mass is 229 g/mol. The molecule has 1 rings (SSSR count). The molecule has 1 saturated heterocycles. The normalized spacial score (nSPS) is 15.6. The molecule has 94 valence electrons. The lowest BCUT2D eigenvalue weighted by Gasteiger charge is -2.14. The maximum atomic E-state index is 11.2. The summed E-state index contributed by atoms with van der Waals surface area (Å²) >= 11 is 0. The van der Waals surface area contributed by atoms with Crippen molar-refractivity contribution in [3.63, 3.8) is 0 Å². The largest absolute Gasteiger partial charge is 0.381 e.